The molecular weight excluding hydrogens is 342 g/mol. The predicted molar refractivity (Wildman–Crippen MR) is 98.4 cm³/mol. The molecule has 1 saturated carbocycles. The quantitative estimate of drug-likeness (QED) is 0.522. The lowest BCUT2D eigenvalue weighted by Crippen LogP contribution is -2.42. The number of allylic oxidation sites excluding steroid dienone is 1. The van der Waals surface area contributed by atoms with Crippen LogP contribution in [0.4, 0.5) is 0 Å². The monoisotopic (exact) mass is 369 g/mol. The summed E-state index contributed by atoms with van der Waals surface area (Å²) < 4.78 is 26.5. The van der Waals surface area contributed by atoms with Crippen LogP contribution in [0.5, 0.6) is 0 Å². The molecule has 0 aromatic carbocycles. The SMILES string of the molecule is C=CCCCS(=O)(=O)N1CCC2(CC1)CC2N(C)Cc1nccs1. The second kappa shape index (κ2) is 7.23. The van der Waals surface area contributed by atoms with E-state index >= 15 is 0 Å². The van der Waals surface area contributed by atoms with Crippen molar-refractivity contribution in [3.63, 3.8) is 0 Å². The van der Waals surface area contributed by atoms with Crippen LogP contribution in [0.3, 0.4) is 0 Å². The summed E-state index contributed by atoms with van der Waals surface area (Å²) in [5.41, 5.74) is 0.332. The Bertz CT molecular complexity index is 649. The maximum Gasteiger partial charge on any atom is 0.214 e. The van der Waals surface area contributed by atoms with Gasteiger partial charge in [-0.25, -0.2) is 17.7 Å². The highest BCUT2D eigenvalue weighted by Crippen LogP contribution is 2.56. The third-order valence-electron chi connectivity index (χ3n) is 5.47. The van der Waals surface area contributed by atoms with Crippen molar-refractivity contribution in [1.82, 2.24) is 14.2 Å². The number of rotatable bonds is 8. The molecule has 2 fully saturated rings. The van der Waals surface area contributed by atoms with E-state index in [0.29, 0.717) is 31.0 Å². The molecule has 3 rings (SSSR count). The van der Waals surface area contributed by atoms with Gasteiger partial charge in [-0.2, -0.15) is 0 Å². The van der Waals surface area contributed by atoms with E-state index in [0.717, 1.165) is 30.8 Å². The van der Waals surface area contributed by atoms with Crippen LogP contribution in [0.1, 0.15) is 37.1 Å². The highest BCUT2D eigenvalue weighted by molar-refractivity contribution is 7.89. The van der Waals surface area contributed by atoms with Crippen LogP contribution in [0, 0.1) is 5.41 Å². The highest BCUT2D eigenvalue weighted by Gasteiger charge is 2.57. The summed E-state index contributed by atoms with van der Waals surface area (Å²) in [5.74, 6) is 0.249. The minimum atomic E-state index is -3.09. The summed E-state index contributed by atoms with van der Waals surface area (Å²) in [5, 5.41) is 3.17. The van der Waals surface area contributed by atoms with E-state index in [9.17, 15) is 8.42 Å². The Balaban J connectivity index is 1.50. The summed E-state index contributed by atoms with van der Waals surface area (Å²) in [4.78, 5) is 6.76. The van der Waals surface area contributed by atoms with Crippen molar-refractivity contribution in [3.8, 4) is 0 Å². The third kappa shape index (κ3) is 3.90. The van der Waals surface area contributed by atoms with E-state index in [1.54, 1.807) is 21.7 Å². The van der Waals surface area contributed by atoms with Crippen LogP contribution in [0.15, 0.2) is 24.2 Å². The Kier molecular flexibility index (Phi) is 5.44. The molecule has 0 N–H and O–H groups in total. The number of piperidine rings is 1. The molecule has 1 aromatic rings. The molecule has 2 aliphatic rings. The van der Waals surface area contributed by atoms with E-state index in [4.69, 9.17) is 0 Å². The van der Waals surface area contributed by atoms with Crippen molar-refractivity contribution >= 4 is 21.4 Å². The van der Waals surface area contributed by atoms with Crippen LogP contribution in [-0.2, 0) is 16.6 Å². The molecule has 1 aliphatic heterocycles. The molecule has 1 aliphatic carbocycles. The first-order valence-corrected chi connectivity index (χ1v) is 11.1. The maximum atomic E-state index is 12.4. The third-order valence-corrected chi connectivity index (χ3v) is 8.19. The van der Waals surface area contributed by atoms with Crippen molar-refractivity contribution in [2.75, 3.05) is 25.9 Å². The standard InChI is InChI=1S/C17H27N3O2S2/c1-3-4-5-12-24(21,22)20-9-6-17(7-10-20)13-15(17)19(2)14-16-18-8-11-23-16/h3,8,11,15H,1,4-7,9-10,12-14H2,2H3. The summed E-state index contributed by atoms with van der Waals surface area (Å²) in [6.45, 7) is 5.91. The fourth-order valence-corrected chi connectivity index (χ4v) is 6.10. The van der Waals surface area contributed by atoms with Crippen molar-refractivity contribution in [2.45, 2.75) is 44.7 Å². The van der Waals surface area contributed by atoms with Gasteiger partial charge in [0.15, 0.2) is 0 Å². The Hall–Kier alpha value is -0.760. The number of sulfonamides is 1. The fourth-order valence-electron chi connectivity index (χ4n) is 3.89. The minimum Gasteiger partial charge on any atom is -0.296 e. The van der Waals surface area contributed by atoms with Crippen molar-refractivity contribution < 1.29 is 8.42 Å². The topological polar surface area (TPSA) is 53.5 Å². The molecule has 5 nitrogen and oxygen atoms in total. The van der Waals surface area contributed by atoms with Gasteiger partial charge in [0, 0.05) is 30.7 Å². The van der Waals surface area contributed by atoms with Crippen molar-refractivity contribution in [3.05, 3.63) is 29.2 Å². The first-order valence-electron chi connectivity index (χ1n) is 8.64. The molecule has 0 amide bonds. The summed E-state index contributed by atoms with van der Waals surface area (Å²) >= 11 is 1.70. The highest BCUT2D eigenvalue weighted by atomic mass is 32.2. The number of unbranched alkanes of at least 4 members (excludes halogenated alkanes) is 1. The van der Waals surface area contributed by atoms with E-state index in [2.05, 4.69) is 23.5 Å². The lowest BCUT2D eigenvalue weighted by molar-refractivity contribution is 0.196. The van der Waals surface area contributed by atoms with Gasteiger partial charge in [0.1, 0.15) is 5.01 Å². The molecule has 1 saturated heterocycles. The molecule has 0 bridgehead atoms. The molecule has 1 atom stereocenters. The van der Waals surface area contributed by atoms with E-state index in [1.807, 2.05) is 11.6 Å². The van der Waals surface area contributed by atoms with E-state index < -0.39 is 10.0 Å². The van der Waals surface area contributed by atoms with E-state index in [1.165, 1.54) is 6.42 Å². The zero-order valence-corrected chi connectivity index (χ0v) is 16.0. The van der Waals surface area contributed by atoms with Gasteiger partial charge >= 0.3 is 0 Å². The molecule has 1 unspecified atom stereocenters. The summed E-state index contributed by atoms with van der Waals surface area (Å²) in [6.07, 6.45) is 8.24. The average molecular weight is 370 g/mol. The second-order valence-corrected chi connectivity index (χ2v) is 10.1. The fraction of sp³-hybridized carbons (Fsp3) is 0.706. The molecule has 1 aromatic heterocycles. The molecule has 0 radical (unpaired) electrons. The van der Waals surface area contributed by atoms with Crippen LogP contribution in [-0.4, -0.2) is 54.5 Å². The Morgan fingerprint density at radius 1 is 1.50 bits per heavy atom. The summed E-state index contributed by atoms with van der Waals surface area (Å²) in [6, 6.07) is 0.576. The van der Waals surface area contributed by atoms with Crippen molar-refractivity contribution in [1.29, 1.82) is 0 Å². The predicted octanol–water partition coefficient (Wildman–Crippen LogP) is 2.73. The molecule has 2 heterocycles. The van der Waals surface area contributed by atoms with Gasteiger partial charge in [0.2, 0.25) is 10.0 Å². The number of aromatic nitrogens is 1. The van der Waals surface area contributed by atoms with Gasteiger partial charge in [-0.15, -0.1) is 17.9 Å². The molecule has 134 valence electrons. The second-order valence-electron chi connectivity index (χ2n) is 7.07. The first kappa shape index (κ1) is 18.0. The van der Waals surface area contributed by atoms with E-state index in [-0.39, 0.29) is 5.75 Å². The average Bonchev–Trinajstić information content (AvgIpc) is 3.00. The number of hydrogen-bond donors (Lipinski definition) is 0. The smallest absolute Gasteiger partial charge is 0.214 e. The van der Waals surface area contributed by atoms with Crippen LogP contribution in [0.25, 0.3) is 0 Å². The largest absolute Gasteiger partial charge is 0.296 e. The number of hydrogen-bond acceptors (Lipinski definition) is 5. The first-order chi connectivity index (χ1) is 11.5. The maximum absolute atomic E-state index is 12.4. The molecular formula is C17H27N3O2S2. The normalized spacial score (nSPS) is 23.7. The molecule has 24 heavy (non-hydrogen) atoms. The van der Waals surface area contributed by atoms with Gasteiger partial charge in [0.05, 0.1) is 12.3 Å². The lowest BCUT2D eigenvalue weighted by Gasteiger charge is -2.33. The van der Waals surface area contributed by atoms with Gasteiger partial charge in [-0.05, 0) is 44.6 Å². The zero-order chi connectivity index (χ0) is 17.2. The van der Waals surface area contributed by atoms with Crippen LogP contribution >= 0.6 is 11.3 Å². The number of nitrogens with zero attached hydrogens (tertiary/aromatic N) is 3. The van der Waals surface area contributed by atoms with Gasteiger partial charge in [0.25, 0.3) is 0 Å². The number of thiazole rings is 1. The zero-order valence-electron chi connectivity index (χ0n) is 14.4. The summed E-state index contributed by atoms with van der Waals surface area (Å²) in [7, 11) is -0.927. The van der Waals surface area contributed by atoms with Crippen LogP contribution in [0.2, 0.25) is 0 Å². The molecule has 1 spiro atoms. The Morgan fingerprint density at radius 3 is 2.88 bits per heavy atom. The van der Waals surface area contributed by atoms with Gasteiger partial charge in [-0.1, -0.05) is 6.08 Å². The van der Waals surface area contributed by atoms with Crippen molar-refractivity contribution in [2.24, 2.45) is 5.41 Å². The van der Waals surface area contributed by atoms with Gasteiger partial charge in [-0.3, -0.25) is 4.90 Å². The minimum absolute atomic E-state index is 0.249. The Labute approximate surface area is 149 Å². The Morgan fingerprint density at radius 2 is 2.25 bits per heavy atom. The van der Waals surface area contributed by atoms with Gasteiger partial charge < -0.3 is 0 Å². The van der Waals surface area contributed by atoms with Crippen LogP contribution < -0.4 is 0 Å². The molecule has 7 heteroatoms. The lowest BCUT2D eigenvalue weighted by atomic mass is 9.93.